The first-order chi connectivity index (χ1) is 13.3. The highest BCUT2D eigenvalue weighted by Crippen LogP contribution is 2.47. The topological polar surface area (TPSA) is 86.8 Å². The number of benzene rings is 1. The third-order valence-corrected chi connectivity index (χ3v) is 9.24. The average molecular weight is 424 g/mol. The van der Waals surface area contributed by atoms with E-state index in [1.807, 2.05) is 6.92 Å². The van der Waals surface area contributed by atoms with E-state index in [1.165, 1.54) is 16.4 Å². The van der Waals surface area contributed by atoms with Crippen molar-refractivity contribution in [3.8, 4) is 0 Å². The van der Waals surface area contributed by atoms with Crippen molar-refractivity contribution >= 4 is 39.3 Å². The fraction of sp³-hybridized carbons (Fsp3) is 0.579. The van der Waals surface area contributed by atoms with Crippen LogP contribution in [0, 0.1) is 0 Å². The first-order valence-electron chi connectivity index (χ1n) is 9.68. The van der Waals surface area contributed by atoms with Crippen molar-refractivity contribution < 1.29 is 18.0 Å². The quantitative estimate of drug-likeness (QED) is 0.803. The maximum absolute atomic E-state index is 12.7. The van der Waals surface area contributed by atoms with E-state index in [1.54, 1.807) is 28.8 Å². The van der Waals surface area contributed by atoms with Gasteiger partial charge in [-0.15, -0.1) is 11.8 Å². The molecule has 0 spiro atoms. The van der Waals surface area contributed by atoms with E-state index in [-0.39, 0.29) is 21.6 Å². The molecule has 2 atom stereocenters. The van der Waals surface area contributed by atoms with E-state index in [4.69, 9.17) is 0 Å². The van der Waals surface area contributed by atoms with Gasteiger partial charge in [0.15, 0.2) is 0 Å². The fourth-order valence-corrected chi connectivity index (χ4v) is 7.15. The molecule has 1 aromatic carbocycles. The molecule has 3 aliphatic heterocycles. The monoisotopic (exact) mass is 423 g/mol. The summed E-state index contributed by atoms with van der Waals surface area (Å²) in [5.41, 5.74) is 0.535. The van der Waals surface area contributed by atoms with Crippen molar-refractivity contribution in [3.05, 3.63) is 24.3 Å². The van der Waals surface area contributed by atoms with Gasteiger partial charge < -0.3 is 10.2 Å². The molecule has 0 aliphatic carbocycles. The Hall–Kier alpha value is -1.58. The van der Waals surface area contributed by atoms with Gasteiger partial charge in [-0.3, -0.25) is 9.59 Å². The number of nitrogens with one attached hydrogen (secondary N) is 1. The van der Waals surface area contributed by atoms with E-state index in [0.717, 1.165) is 25.7 Å². The van der Waals surface area contributed by atoms with Crippen LogP contribution in [0.25, 0.3) is 0 Å². The zero-order chi connectivity index (χ0) is 19.9. The number of carbonyl (C=O) groups excluding carboxylic acids is 2. The molecule has 3 fully saturated rings. The smallest absolute Gasteiger partial charge is 0.248 e. The molecule has 0 saturated carbocycles. The first-order valence-corrected chi connectivity index (χ1v) is 12.1. The van der Waals surface area contributed by atoms with Crippen LogP contribution in [0.15, 0.2) is 29.2 Å². The van der Waals surface area contributed by atoms with E-state index in [9.17, 15) is 18.0 Å². The highest BCUT2D eigenvalue weighted by Gasteiger charge is 2.52. The number of anilines is 1. The number of rotatable bonds is 4. The van der Waals surface area contributed by atoms with Crippen molar-refractivity contribution in [2.24, 2.45) is 0 Å². The second-order valence-electron chi connectivity index (χ2n) is 7.74. The zero-order valence-electron chi connectivity index (χ0n) is 15.9. The molecule has 4 rings (SSSR count). The molecule has 3 saturated heterocycles. The molecule has 7 nitrogen and oxygen atoms in total. The highest BCUT2D eigenvalue weighted by molar-refractivity contribution is 8.01. The average Bonchev–Trinajstić information content (AvgIpc) is 3.19. The van der Waals surface area contributed by atoms with Gasteiger partial charge in [-0.2, -0.15) is 4.31 Å². The maximum atomic E-state index is 12.7. The summed E-state index contributed by atoms with van der Waals surface area (Å²) in [4.78, 5) is 26.6. The van der Waals surface area contributed by atoms with Crippen LogP contribution in [0.3, 0.4) is 0 Å². The lowest BCUT2D eigenvalue weighted by Gasteiger charge is -2.29. The molecule has 28 heavy (non-hydrogen) atoms. The summed E-state index contributed by atoms with van der Waals surface area (Å²) in [6.07, 6.45) is 4.09. The molecule has 152 valence electrons. The fourth-order valence-electron chi connectivity index (χ4n) is 4.20. The van der Waals surface area contributed by atoms with Gasteiger partial charge in [-0.25, -0.2) is 8.42 Å². The van der Waals surface area contributed by atoms with Gasteiger partial charge in [0.1, 0.15) is 6.04 Å². The number of nitrogens with zero attached hydrogens (tertiary/aromatic N) is 2. The highest BCUT2D eigenvalue weighted by atomic mass is 32.2. The largest absolute Gasteiger partial charge is 0.324 e. The number of piperidine rings is 1. The maximum Gasteiger partial charge on any atom is 0.248 e. The van der Waals surface area contributed by atoms with Gasteiger partial charge in [-0.05, 0) is 50.5 Å². The summed E-state index contributed by atoms with van der Waals surface area (Å²) in [6, 6.07) is 5.81. The summed E-state index contributed by atoms with van der Waals surface area (Å²) in [7, 11) is -3.49. The molecule has 9 heteroatoms. The second-order valence-corrected chi connectivity index (χ2v) is 11.2. The molecular formula is C19H25N3O4S2. The minimum Gasteiger partial charge on any atom is -0.324 e. The Morgan fingerprint density at radius 1 is 1.18 bits per heavy atom. The summed E-state index contributed by atoms with van der Waals surface area (Å²) in [5, 5.41) is 2.84. The zero-order valence-corrected chi connectivity index (χ0v) is 17.5. The van der Waals surface area contributed by atoms with Gasteiger partial charge in [-0.1, -0.05) is 6.42 Å². The van der Waals surface area contributed by atoms with Crippen molar-refractivity contribution in [3.63, 3.8) is 0 Å². The summed E-state index contributed by atoms with van der Waals surface area (Å²) >= 11 is 1.65. The number of fused-ring (bicyclic) bond motifs is 1. The van der Waals surface area contributed by atoms with Crippen LogP contribution in [0.1, 0.15) is 39.0 Å². The normalized spacial score (nSPS) is 28.4. The van der Waals surface area contributed by atoms with Gasteiger partial charge in [0.25, 0.3) is 0 Å². The molecule has 0 aromatic heterocycles. The lowest BCUT2D eigenvalue weighted by molar-refractivity contribution is -0.135. The molecule has 0 unspecified atom stereocenters. The molecular weight excluding hydrogens is 398 g/mol. The molecule has 0 bridgehead atoms. The van der Waals surface area contributed by atoms with Crippen molar-refractivity contribution in [1.82, 2.24) is 9.21 Å². The van der Waals surface area contributed by atoms with Crippen LogP contribution in [0.2, 0.25) is 0 Å². The molecule has 3 aliphatic rings. The summed E-state index contributed by atoms with van der Waals surface area (Å²) in [5.74, 6) is 0.379. The van der Waals surface area contributed by atoms with Crippen LogP contribution >= 0.6 is 11.8 Å². The lowest BCUT2D eigenvalue weighted by atomic mass is 10.2. The van der Waals surface area contributed by atoms with Crippen molar-refractivity contribution in [2.75, 3.05) is 24.2 Å². The van der Waals surface area contributed by atoms with Crippen LogP contribution in [0.4, 0.5) is 5.69 Å². The number of amides is 2. The van der Waals surface area contributed by atoms with Gasteiger partial charge >= 0.3 is 0 Å². The first kappa shape index (κ1) is 19.7. The van der Waals surface area contributed by atoms with Gasteiger partial charge in [0.05, 0.1) is 9.77 Å². The Kier molecular flexibility index (Phi) is 5.18. The molecule has 3 heterocycles. The van der Waals surface area contributed by atoms with Gasteiger partial charge in [0.2, 0.25) is 21.8 Å². The van der Waals surface area contributed by atoms with Crippen molar-refractivity contribution in [2.45, 2.75) is 54.8 Å². The van der Waals surface area contributed by atoms with E-state index >= 15 is 0 Å². The molecule has 2 amide bonds. The third-order valence-electron chi connectivity index (χ3n) is 5.82. The minimum atomic E-state index is -3.49. The van der Waals surface area contributed by atoms with Crippen molar-refractivity contribution in [1.29, 1.82) is 0 Å². The van der Waals surface area contributed by atoms with Crippen LogP contribution in [0.5, 0.6) is 0 Å². The summed E-state index contributed by atoms with van der Waals surface area (Å²) < 4.78 is 27.0. The third kappa shape index (κ3) is 3.44. The molecule has 1 N–H and O–H groups in total. The van der Waals surface area contributed by atoms with Crippen LogP contribution < -0.4 is 5.32 Å². The number of sulfonamides is 1. The lowest BCUT2D eigenvalue weighted by Crippen LogP contribution is -2.48. The van der Waals surface area contributed by atoms with Crippen LogP contribution in [-0.4, -0.2) is 59.2 Å². The Balaban J connectivity index is 1.45. The standard InChI is InChI=1S/C19H25N3O4S2/c1-19-10-9-17(23)22(19)16(13-27-19)18(24)20-14-5-7-15(8-6-14)28(25,26)21-11-3-2-4-12-21/h5-8,16H,2-4,9-13H2,1H3,(H,20,24)/t16-,19+/m0/s1. The Bertz CT molecular complexity index is 881. The number of thioether (sulfide) groups is 1. The number of hydrogen-bond donors (Lipinski definition) is 1. The molecule has 1 aromatic rings. The molecule has 0 radical (unpaired) electrons. The Morgan fingerprint density at radius 3 is 2.54 bits per heavy atom. The summed E-state index contributed by atoms with van der Waals surface area (Å²) in [6.45, 7) is 3.13. The van der Waals surface area contributed by atoms with E-state index in [0.29, 0.717) is 31.0 Å². The van der Waals surface area contributed by atoms with Crippen LogP contribution in [-0.2, 0) is 19.6 Å². The Labute approximate surface area is 169 Å². The Morgan fingerprint density at radius 2 is 1.86 bits per heavy atom. The second kappa shape index (κ2) is 7.35. The number of carbonyl (C=O) groups is 2. The van der Waals surface area contributed by atoms with E-state index < -0.39 is 16.1 Å². The predicted octanol–water partition coefficient (Wildman–Crippen LogP) is 2.25. The number of hydrogen-bond acceptors (Lipinski definition) is 5. The minimum absolute atomic E-state index is 0.0237. The van der Waals surface area contributed by atoms with E-state index in [2.05, 4.69) is 5.32 Å². The SMILES string of the molecule is C[C@@]12CCC(=O)N1[C@H](C(=O)Nc1ccc(S(=O)(=O)N3CCCCC3)cc1)CS2. The van der Waals surface area contributed by atoms with Gasteiger partial charge in [0, 0.05) is 31.0 Å². The predicted molar refractivity (Wildman–Crippen MR) is 108 cm³/mol.